The lowest BCUT2D eigenvalue weighted by Crippen LogP contribution is -2.46. The molecule has 2 saturated heterocycles. The zero-order valence-electron chi connectivity index (χ0n) is 12.6. The Labute approximate surface area is 138 Å². The Morgan fingerprint density at radius 3 is 2.48 bits per heavy atom. The van der Waals surface area contributed by atoms with Crippen molar-refractivity contribution in [1.29, 1.82) is 0 Å². The van der Waals surface area contributed by atoms with Gasteiger partial charge in [-0.25, -0.2) is 8.78 Å². The number of carbonyl (C=O) groups excluding carboxylic acids is 1. The maximum absolute atomic E-state index is 13.4. The Morgan fingerprint density at radius 1 is 1.13 bits per heavy atom. The zero-order chi connectivity index (χ0) is 16.6. The quantitative estimate of drug-likeness (QED) is 0.837. The Bertz CT molecular complexity index is 608. The number of carbonyl (C=O) groups is 1. The molecule has 23 heavy (non-hydrogen) atoms. The van der Waals surface area contributed by atoms with Gasteiger partial charge >= 0.3 is 0 Å². The van der Waals surface area contributed by atoms with E-state index in [4.69, 9.17) is 11.6 Å². The van der Waals surface area contributed by atoms with E-state index in [2.05, 4.69) is 4.90 Å². The van der Waals surface area contributed by atoms with Gasteiger partial charge in [-0.3, -0.25) is 9.69 Å². The molecule has 0 aliphatic carbocycles. The van der Waals surface area contributed by atoms with Gasteiger partial charge < -0.3 is 10.0 Å². The number of aliphatic hydroxyl groups excluding tert-OH is 1. The van der Waals surface area contributed by atoms with Crippen molar-refractivity contribution < 1.29 is 18.7 Å². The monoisotopic (exact) mass is 344 g/mol. The summed E-state index contributed by atoms with van der Waals surface area (Å²) in [6.07, 6.45) is 2.73. The number of benzene rings is 1. The van der Waals surface area contributed by atoms with Gasteiger partial charge in [-0.15, -0.1) is 0 Å². The molecule has 2 fully saturated rings. The molecule has 0 saturated carbocycles. The molecule has 2 aliphatic rings. The summed E-state index contributed by atoms with van der Waals surface area (Å²) in [5, 5.41) is 10.2. The lowest BCUT2D eigenvalue weighted by molar-refractivity contribution is 0.0702. The smallest absolute Gasteiger partial charge is 0.255 e. The van der Waals surface area contributed by atoms with Crippen molar-refractivity contribution in [2.24, 2.45) is 0 Å². The third-order valence-corrected chi connectivity index (χ3v) is 4.96. The van der Waals surface area contributed by atoms with Crippen molar-refractivity contribution in [2.45, 2.75) is 31.4 Å². The van der Waals surface area contributed by atoms with Crippen LogP contribution in [0.5, 0.6) is 0 Å². The van der Waals surface area contributed by atoms with Crippen LogP contribution in [0.25, 0.3) is 0 Å². The molecule has 3 rings (SSSR count). The molecule has 7 heteroatoms. The second kappa shape index (κ2) is 6.71. The van der Waals surface area contributed by atoms with E-state index in [1.807, 2.05) is 0 Å². The summed E-state index contributed by atoms with van der Waals surface area (Å²) in [7, 11) is 0. The number of amides is 1. The standard InChI is InChI=1S/C16H19ClF2N2O2/c17-11-7-13(19)12(18)6-10(11)16(23)21-8-14(15(22)9-21)20-4-2-1-3-5-20/h6-7,14-15,22H,1-5,8-9H2/t14-,15-/m0/s1. The van der Waals surface area contributed by atoms with Crippen LogP contribution in [0.3, 0.4) is 0 Å². The third-order valence-electron chi connectivity index (χ3n) is 4.65. The molecular formula is C16H19ClF2N2O2. The van der Waals surface area contributed by atoms with Crippen molar-refractivity contribution in [2.75, 3.05) is 26.2 Å². The van der Waals surface area contributed by atoms with Crippen LogP contribution in [0.15, 0.2) is 12.1 Å². The maximum Gasteiger partial charge on any atom is 0.255 e. The number of likely N-dealkylation sites (tertiary alicyclic amines) is 2. The molecular weight excluding hydrogens is 326 g/mol. The van der Waals surface area contributed by atoms with E-state index in [0.717, 1.165) is 38.1 Å². The third kappa shape index (κ3) is 3.34. The Kier molecular flexibility index (Phi) is 4.85. The fourth-order valence-corrected chi connectivity index (χ4v) is 3.63. The minimum atomic E-state index is -1.11. The van der Waals surface area contributed by atoms with Crippen molar-refractivity contribution in [3.8, 4) is 0 Å². The lowest BCUT2D eigenvalue weighted by atomic mass is 10.1. The first-order valence-electron chi connectivity index (χ1n) is 7.83. The second-order valence-electron chi connectivity index (χ2n) is 6.19. The zero-order valence-corrected chi connectivity index (χ0v) is 13.4. The van der Waals surface area contributed by atoms with Crippen molar-refractivity contribution in [3.05, 3.63) is 34.4 Å². The van der Waals surface area contributed by atoms with E-state index in [0.29, 0.717) is 6.54 Å². The highest BCUT2D eigenvalue weighted by Gasteiger charge is 2.38. The summed E-state index contributed by atoms with van der Waals surface area (Å²) >= 11 is 5.87. The highest BCUT2D eigenvalue weighted by Crippen LogP contribution is 2.26. The number of hydrogen-bond donors (Lipinski definition) is 1. The van der Waals surface area contributed by atoms with Gasteiger partial charge in [-0.05, 0) is 38.1 Å². The molecule has 0 radical (unpaired) electrons. The van der Waals surface area contributed by atoms with Gasteiger partial charge in [0.15, 0.2) is 11.6 Å². The van der Waals surface area contributed by atoms with Gasteiger partial charge in [0.1, 0.15) is 0 Å². The average molecular weight is 345 g/mol. The molecule has 0 spiro atoms. The SMILES string of the molecule is O=C(c1cc(F)c(F)cc1Cl)N1C[C@H](O)[C@@H](N2CCCCC2)C1. The van der Waals surface area contributed by atoms with E-state index >= 15 is 0 Å². The van der Waals surface area contributed by atoms with Gasteiger partial charge in [-0.2, -0.15) is 0 Å². The van der Waals surface area contributed by atoms with E-state index in [9.17, 15) is 18.7 Å². The molecule has 0 unspecified atom stereocenters. The Balaban J connectivity index is 1.75. The number of nitrogens with zero attached hydrogens (tertiary/aromatic N) is 2. The minimum absolute atomic E-state index is 0.0722. The van der Waals surface area contributed by atoms with Gasteiger partial charge in [0.25, 0.3) is 5.91 Å². The maximum atomic E-state index is 13.4. The molecule has 2 aliphatic heterocycles. The summed E-state index contributed by atoms with van der Waals surface area (Å²) in [6, 6.07) is 1.52. The van der Waals surface area contributed by atoms with Gasteiger partial charge in [-0.1, -0.05) is 18.0 Å². The van der Waals surface area contributed by atoms with Gasteiger partial charge in [0.2, 0.25) is 0 Å². The van der Waals surface area contributed by atoms with E-state index < -0.39 is 23.6 Å². The molecule has 2 atom stereocenters. The fourth-order valence-electron chi connectivity index (χ4n) is 3.40. The molecule has 1 amide bonds. The topological polar surface area (TPSA) is 43.8 Å². The van der Waals surface area contributed by atoms with Crippen LogP contribution in [0.1, 0.15) is 29.6 Å². The minimum Gasteiger partial charge on any atom is -0.390 e. The number of β-amino-alcohol motifs (C(OH)–C–C–N with tert-alkyl or cyclic N) is 1. The molecule has 1 aromatic rings. The Morgan fingerprint density at radius 2 is 1.78 bits per heavy atom. The van der Waals surface area contributed by atoms with Crippen LogP contribution in [-0.4, -0.2) is 59.1 Å². The Hall–Kier alpha value is -1.24. The van der Waals surface area contributed by atoms with Crippen LogP contribution in [0.4, 0.5) is 8.78 Å². The average Bonchev–Trinajstić information content (AvgIpc) is 2.93. The number of aliphatic hydroxyl groups is 1. The molecule has 4 nitrogen and oxygen atoms in total. The van der Waals surface area contributed by atoms with Crippen molar-refractivity contribution in [1.82, 2.24) is 9.80 Å². The summed E-state index contributed by atoms with van der Waals surface area (Å²) in [5.74, 6) is -2.67. The largest absolute Gasteiger partial charge is 0.390 e. The van der Waals surface area contributed by atoms with Crippen molar-refractivity contribution in [3.63, 3.8) is 0 Å². The van der Waals surface area contributed by atoms with Crippen LogP contribution in [0, 0.1) is 11.6 Å². The number of piperidine rings is 1. The molecule has 0 aromatic heterocycles. The fraction of sp³-hybridized carbons (Fsp3) is 0.562. The first-order valence-corrected chi connectivity index (χ1v) is 8.21. The van der Waals surface area contributed by atoms with Crippen LogP contribution < -0.4 is 0 Å². The second-order valence-corrected chi connectivity index (χ2v) is 6.59. The van der Waals surface area contributed by atoms with E-state index in [-0.39, 0.29) is 23.2 Å². The highest BCUT2D eigenvalue weighted by atomic mass is 35.5. The van der Waals surface area contributed by atoms with Crippen LogP contribution in [-0.2, 0) is 0 Å². The van der Waals surface area contributed by atoms with E-state index in [1.165, 1.54) is 11.3 Å². The lowest BCUT2D eigenvalue weighted by Gasteiger charge is -2.33. The predicted octanol–water partition coefficient (Wildman–Crippen LogP) is 2.29. The first kappa shape index (κ1) is 16.6. The van der Waals surface area contributed by atoms with Crippen LogP contribution >= 0.6 is 11.6 Å². The summed E-state index contributed by atoms with van der Waals surface area (Å²) in [4.78, 5) is 16.2. The van der Waals surface area contributed by atoms with Crippen molar-refractivity contribution >= 4 is 17.5 Å². The summed E-state index contributed by atoms with van der Waals surface area (Å²) in [5.41, 5.74) is -0.0722. The summed E-state index contributed by atoms with van der Waals surface area (Å²) in [6.45, 7) is 2.37. The number of halogens is 3. The first-order chi connectivity index (χ1) is 11.0. The molecule has 0 bridgehead atoms. The summed E-state index contributed by atoms with van der Waals surface area (Å²) < 4.78 is 26.5. The normalized spacial score (nSPS) is 25.8. The highest BCUT2D eigenvalue weighted by molar-refractivity contribution is 6.33. The number of rotatable bonds is 2. The molecule has 2 heterocycles. The number of hydrogen-bond acceptors (Lipinski definition) is 3. The molecule has 126 valence electrons. The molecule has 1 aromatic carbocycles. The predicted molar refractivity (Wildman–Crippen MR) is 82.5 cm³/mol. The van der Waals surface area contributed by atoms with E-state index in [1.54, 1.807) is 0 Å². The molecule has 1 N–H and O–H groups in total. The van der Waals surface area contributed by atoms with Gasteiger partial charge in [0.05, 0.1) is 22.7 Å². The van der Waals surface area contributed by atoms with Gasteiger partial charge in [0, 0.05) is 13.1 Å². The van der Waals surface area contributed by atoms with Crippen LogP contribution in [0.2, 0.25) is 5.02 Å².